The molecular formula is C30H31FN4O5. The standard InChI is InChI=1S/C30H31FN4O5/c1-5-34(6-2)26(36)24-9-7-20(16-33-24)19-8-10-25(23(31)15-19)39-29(3,4)28(38)35-14-12-30(18-35)22-11-13-32-17-21(22)27(37)40-30/h7-11,13,15-17H,5-6,12,14,18H2,1-4H3/t30-/m0/s1. The maximum Gasteiger partial charge on any atom is 0.341 e. The molecule has 40 heavy (non-hydrogen) atoms. The minimum Gasteiger partial charge on any atom is -0.475 e. The molecule has 2 amide bonds. The summed E-state index contributed by atoms with van der Waals surface area (Å²) in [5.74, 6) is -1.65. The zero-order valence-corrected chi connectivity index (χ0v) is 22.9. The Hall–Kier alpha value is -4.34. The molecule has 208 valence electrons. The molecule has 0 saturated carbocycles. The summed E-state index contributed by atoms with van der Waals surface area (Å²) in [5.41, 5.74) is 0.364. The minimum atomic E-state index is -1.38. The summed E-state index contributed by atoms with van der Waals surface area (Å²) in [5, 5.41) is 0. The van der Waals surface area contributed by atoms with Gasteiger partial charge in [0.25, 0.3) is 11.8 Å². The molecule has 2 aliphatic rings. The summed E-state index contributed by atoms with van der Waals surface area (Å²) in [6.07, 6.45) is 5.07. The van der Waals surface area contributed by atoms with Crippen molar-refractivity contribution in [2.45, 2.75) is 45.3 Å². The topological polar surface area (TPSA) is 102 Å². The summed E-state index contributed by atoms with van der Waals surface area (Å²) in [7, 11) is 0. The number of carbonyl (C=O) groups is 3. The van der Waals surface area contributed by atoms with E-state index in [1.165, 1.54) is 24.5 Å². The first-order chi connectivity index (χ1) is 19.1. The number of halogens is 1. The third-order valence-electron chi connectivity index (χ3n) is 7.52. The van der Waals surface area contributed by atoms with Gasteiger partial charge in [0.05, 0.1) is 12.1 Å². The molecule has 1 atom stereocenters. The molecule has 4 heterocycles. The van der Waals surface area contributed by atoms with Gasteiger partial charge in [-0.05, 0) is 57.5 Å². The number of esters is 1. The van der Waals surface area contributed by atoms with Crippen LogP contribution in [0.1, 0.15) is 60.5 Å². The second-order valence-electron chi connectivity index (χ2n) is 10.4. The fourth-order valence-corrected chi connectivity index (χ4v) is 5.33. The van der Waals surface area contributed by atoms with Crippen molar-refractivity contribution in [1.82, 2.24) is 19.8 Å². The van der Waals surface area contributed by atoms with Crippen LogP contribution in [0.25, 0.3) is 11.1 Å². The lowest BCUT2D eigenvalue weighted by molar-refractivity contribution is -0.145. The van der Waals surface area contributed by atoms with Crippen molar-refractivity contribution in [3.05, 3.63) is 77.6 Å². The lowest BCUT2D eigenvalue weighted by atomic mass is 9.93. The number of amides is 2. The average Bonchev–Trinajstić information content (AvgIpc) is 3.50. The van der Waals surface area contributed by atoms with Crippen LogP contribution in [0, 0.1) is 5.82 Å². The van der Waals surface area contributed by atoms with Crippen LogP contribution in [0.5, 0.6) is 5.75 Å². The minimum absolute atomic E-state index is 0.0685. The molecule has 1 aromatic carbocycles. The SMILES string of the molecule is CCN(CC)C(=O)c1ccc(-c2ccc(OC(C)(C)C(=O)N3CC[C@@]4(C3)OC(=O)c3cnccc34)c(F)c2)cn1. The Morgan fingerprint density at radius 2 is 1.88 bits per heavy atom. The summed E-state index contributed by atoms with van der Waals surface area (Å²) in [4.78, 5) is 49.9. The average molecular weight is 547 g/mol. The number of rotatable bonds is 7. The van der Waals surface area contributed by atoms with Crippen LogP contribution in [0.4, 0.5) is 4.39 Å². The molecule has 3 aromatic rings. The number of hydrogen-bond acceptors (Lipinski definition) is 7. The Balaban J connectivity index is 1.28. The fourth-order valence-electron chi connectivity index (χ4n) is 5.33. The molecule has 10 heteroatoms. The first-order valence-corrected chi connectivity index (χ1v) is 13.3. The van der Waals surface area contributed by atoms with E-state index in [9.17, 15) is 14.4 Å². The van der Waals surface area contributed by atoms with Crippen molar-refractivity contribution in [1.29, 1.82) is 0 Å². The molecule has 1 fully saturated rings. The number of fused-ring (bicyclic) bond motifs is 2. The van der Waals surface area contributed by atoms with E-state index in [0.717, 1.165) is 5.56 Å². The summed E-state index contributed by atoms with van der Waals surface area (Å²) in [6.45, 7) is 8.70. The van der Waals surface area contributed by atoms with Crippen molar-refractivity contribution in [2.24, 2.45) is 0 Å². The van der Waals surface area contributed by atoms with Crippen LogP contribution in [-0.4, -0.2) is 69.3 Å². The number of benzene rings is 1. The van der Waals surface area contributed by atoms with Crippen molar-refractivity contribution in [3.8, 4) is 16.9 Å². The highest BCUT2D eigenvalue weighted by Crippen LogP contribution is 2.43. The number of aromatic nitrogens is 2. The summed E-state index contributed by atoms with van der Waals surface area (Å²) in [6, 6.07) is 9.56. The second-order valence-corrected chi connectivity index (χ2v) is 10.4. The maximum atomic E-state index is 15.2. The quantitative estimate of drug-likeness (QED) is 0.409. The molecule has 0 N–H and O–H groups in total. The van der Waals surface area contributed by atoms with E-state index in [4.69, 9.17) is 9.47 Å². The monoisotopic (exact) mass is 546 g/mol. The Labute approximate surface area is 231 Å². The maximum absolute atomic E-state index is 15.2. The van der Waals surface area contributed by atoms with Crippen LogP contribution in [-0.2, 0) is 15.1 Å². The predicted octanol–water partition coefficient (Wildman–Crippen LogP) is 4.22. The Morgan fingerprint density at radius 1 is 1.12 bits per heavy atom. The van der Waals surface area contributed by atoms with Gasteiger partial charge in [0.15, 0.2) is 22.8 Å². The van der Waals surface area contributed by atoms with Gasteiger partial charge < -0.3 is 19.3 Å². The van der Waals surface area contributed by atoms with Gasteiger partial charge in [0.2, 0.25) is 0 Å². The van der Waals surface area contributed by atoms with Crippen LogP contribution in [0.3, 0.4) is 0 Å². The van der Waals surface area contributed by atoms with Crippen LogP contribution in [0.2, 0.25) is 0 Å². The van der Waals surface area contributed by atoms with Crippen LogP contribution >= 0.6 is 0 Å². The molecule has 0 radical (unpaired) electrons. The van der Waals surface area contributed by atoms with Crippen LogP contribution in [0.15, 0.2) is 55.0 Å². The number of likely N-dealkylation sites (tertiary alicyclic amines) is 1. The van der Waals surface area contributed by atoms with Crippen molar-refractivity contribution in [3.63, 3.8) is 0 Å². The molecule has 2 aliphatic heterocycles. The van der Waals surface area contributed by atoms with Crippen LogP contribution < -0.4 is 4.74 Å². The van der Waals surface area contributed by atoms with E-state index in [1.807, 2.05) is 13.8 Å². The third kappa shape index (κ3) is 4.78. The van der Waals surface area contributed by atoms with E-state index in [0.29, 0.717) is 48.4 Å². The molecule has 0 aliphatic carbocycles. The molecule has 9 nitrogen and oxygen atoms in total. The number of ether oxygens (including phenoxy) is 2. The Kier molecular flexibility index (Phi) is 7.03. The van der Waals surface area contributed by atoms with Crippen molar-refractivity contribution < 1.29 is 28.2 Å². The van der Waals surface area contributed by atoms with Gasteiger partial charge in [-0.1, -0.05) is 12.1 Å². The van der Waals surface area contributed by atoms with Crippen molar-refractivity contribution >= 4 is 17.8 Å². The first-order valence-electron chi connectivity index (χ1n) is 13.3. The molecule has 1 saturated heterocycles. The van der Waals surface area contributed by atoms with E-state index in [-0.39, 0.29) is 24.1 Å². The van der Waals surface area contributed by atoms with Gasteiger partial charge in [-0.25, -0.2) is 9.18 Å². The van der Waals surface area contributed by atoms with Gasteiger partial charge in [-0.15, -0.1) is 0 Å². The molecular weight excluding hydrogens is 515 g/mol. The summed E-state index contributed by atoms with van der Waals surface area (Å²) >= 11 is 0. The highest BCUT2D eigenvalue weighted by atomic mass is 19.1. The molecule has 0 bridgehead atoms. The number of pyridine rings is 2. The second kappa shape index (κ2) is 10.3. The van der Waals surface area contributed by atoms with Gasteiger partial charge in [-0.2, -0.15) is 0 Å². The molecule has 1 spiro atoms. The smallest absolute Gasteiger partial charge is 0.341 e. The molecule has 0 unspecified atom stereocenters. The number of hydrogen-bond donors (Lipinski definition) is 0. The number of nitrogens with zero attached hydrogens (tertiary/aromatic N) is 4. The Morgan fingerprint density at radius 3 is 2.55 bits per heavy atom. The largest absolute Gasteiger partial charge is 0.475 e. The highest BCUT2D eigenvalue weighted by Gasteiger charge is 2.52. The van der Waals surface area contributed by atoms with E-state index in [2.05, 4.69) is 9.97 Å². The van der Waals surface area contributed by atoms with Crippen molar-refractivity contribution in [2.75, 3.05) is 26.2 Å². The van der Waals surface area contributed by atoms with E-state index >= 15 is 4.39 Å². The predicted molar refractivity (Wildman–Crippen MR) is 144 cm³/mol. The fraction of sp³-hybridized carbons (Fsp3) is 0.367. The zero-order valence-electron chi connectivity index (χ0n) is 22.9. The van der Waals surface area contributed by atoms with Gasteiger partial charge >= 0.3 is 5.97 Å². The van der Waals surface area contributed by atoms with Gasteiger partial charge in [-0.3, -0.25) is 19.6 Å². The molecule has 5 rings (SSSR count). The van der Waals surface area contributed by atoms with E-state index < -0.39 is 23.0 Å². The first kappa shape index (κ1) is 27.2. The number of carbonyl (C=O) groups excluding carboxylic acids is 3. The van der Waals surface area contributed by atoms with E-state index in [1.54, 1.807) is 54.1 Å². The normalized spacial score (nSPS) is 18.0. The highest BCUT2D eigenvalue weighted by molar-refractivity contribution is 5.95. The molecule has 2 aromatic heterocycles. The zero-order chi connectivity index (χ0) is 28.7. The summed E-state index contributed by atoms with van der Waals surface area (Å²) < 4.78 is 26.8. The lowest BCUT2D eigenvalue weighted by Gasteiger charge is -2.31. The van der Waals surface area contributed by atoms with Gasteiger partial charge in [0.1, 0.15) is 5.69 Å². The third-order valence-corrected chi connectivity index (χ3v) is 7.52. The lowest BCUT2D eigenvalue weighted by Crippen LogP contribution is -2.49. The Bertz CT molecular complexity index is 1470. The van der Waals surface area contributed by atoms with Gasteiger partial charge in [0, 0.05) is 55.8 Å².